The van der Waals surface area contributed by atoms with E-state index in [2.05, 4.69) is 0 Å². The summed E-state index contributed by atoms with van der Waals surface area (Å²) < 4.78 is 0. The van der Waals surface area contributed by atoms with Crippen molar-refractivity contribution in [2.24, 2.45) is 5.92 Å². The van der Waals surface area contributed by atoms with E-state index in [0.717, 1.165) is 5.56 Å². The normalized spacial score (nSPS) is 22.3. The standard InChI is InChI=1S/C22H20O4/c1-15-12-13-22(21(25)26,17-10-6-3-7-11-17)18(19(15)20(23)24)14-16-8-4-2-5-9-16/h2-13,18H,14H2,1H3,(H,23,24)(H,25,26). The van der Waals surface area contributed by atoms with Gasteiger partial charge in [-0.2, -0.15) is 0 Å². The molecule has 2 unspecified atom stereocenters. The van der Waals surface area contributed by atoms with Gasteiger partial charge in [-0.1, -0.05) is 72.8 Å². The molecule has 0 aliphatic heterocycles. The molecule has 0 bridgehead atoms. The Labute approximate surface area is 152 Å². The number of allylic oxidation sites excluding steroid dienone is 2. The molecule has 2 atom stereocenters. The summed E-state index contributed by atoms with van der Waals surface area (Å²) in [4.78, 5) is 24.5. The molecule has 2 N–H and O–H groups in total. The first-order valence-corrected chi connectivity index (χ1v) is 8.43. The van der Waals surface area contributed by atoms with Crippen LogP contribution in [-0.2, 0) is 21.4 Å². The minimum absolute atomic E-state index is 0.155. The SMILES string of the molecule is CC1=C(C(=O)O)C(Cc2ccccc2)C(C(=O)O)(c2ccccc2)C=C1. The Morgan fingerprint density at radius 3 is 2.08 bits per heavy atom. The quantitative estimate of drug-likeness (QED) is 0.861. The summed E-state index contributed by atoms with van der Waals surface area (Å²) in [5, 5.41) is 20.0. The number of hydrogen-bond donors (Lipinski definition) is 2. The van der Waals surface area contributed by atoms with Crippen LogP contribution in [0.15, 0.2) is 84.0 Å². The summed E-state index contributed by atoms with van der Waals surface area (Å²) in [5.41, 5.74) is 0.801. The van der Waals surface area contributed by atoms with E-state index in [1.54, 1.807) is 43.3 Å². The first-order valence-electron chi connectivity index (χ1n) is 8.43. The number of carboxylic acids is 2. The number of hydrogen-bond acceptors (Lipinski definition) is 2. The van der Waals surface area contributed by atoms with Gasteiger partial charge in [0.2, 0.25) is 0 Å². The first kappa shape index (κ1) is 17.7. The third kappa shape index (κ3) is 2.94. The molecule has 0 radical (unpaired) electrons. The van der Waals surface area contributed by atoms with E-state index in [1.807, 2.05) is 36.4 Å². The molecule has 1 aliphatic rings. The minimum Gasteiger partial charge on any atom is -0.480 e. The molecule has 1 aliphatic carbocycles. The van der Waals surface area contributed by atoms with Crippen molar-refractivity contribution in [3.05, 3.63) is 95.1 Å². The van der Waals surface area contributed by atoms with Gasteiger partial charge in [-0.15, -0.1) is 0 Å². The van der Waals surface area contributed by atoms with E-state index in [0.29, 0.717) is 17.6 Å². The number of aliphatic carboxylic acids is 2. The van der Waals surface area contributed by atoms with Crippen LogP contribution in [0.5, 0.6) is 0 Å². The van der Waals surface area contributed by atoms with Crippen LogP contribution in [0.2, 0.25) is 0 Å². The minimum atomic E-state index is -1.43. The summed E-state index contributed by atoms with van der Waals surface area (Å²) in [7, 11) is 0. The van der Waals surface area contributed by atoms with Crippen LogP contribution < -0.4 is 0 Å². The fraction of sp³-hybridized carbons (Fsp3) is 0.182. The van der Waals surface area contributed by atoms with Crippen molar-refractivity contribution >= 4 is 11.9 Å². The molecular formula is C22H20O4. The number of benzene rings is 2. The molecule has 2 aromatic carbocycles. The van der Waals surface area contributed by atoms with Crippen molar-refractivity contribution in [2.75, 3.05) is 0 Å². The molecule has 0 saturated heterocycles. The molecule has 4 heteroatoms. The molecule has 26 heavy (non-hydrogen) atoms. The third-order valence-electron chi connectivity index (χ3n) is 5.04. The number of rotatable bonds is 5. The van der Waals surface area contributed by atoms with Gasteiger partial charge in [-0.25, -0.2) is 4.79 Å². The van der Waals surface area contributed by atoms with E-state index in [1.165, 1.54) is 0 Å². The van der Waals surface area contributed by atoms with Gasteiger partial charge in [0.05, 0.1) is 0 Å². The monoisotopic (exact) mass is 348 g/mol. The highest BCUT2D eigenvalue weighted by Gasteiger charge is 2.50. The lowest BCUT2D eigenvalue weighted by atomic mass is 9.62. The molecule has 4 nitrogen and oxygen atoms in total. The Hall–Kier alpha value is -3.14. The molecule has 0 spiro atoms. The van der Waals surface area contributed by atoms with Crippen LogP contribution in [0.3, 0.4) is 0 Å². The number of carboxylic acid groups (broad SMARTS) is 2. The van der Waals surface area contributed by atoms with Crippen LogP contribution in [-0.4, -0.2) is 22.2 Å². The van der Waals surface area contributed by atoms with Gasteiger partial charge < -0.3 is 10.2 Å². The topological polar surface area (TPSA) is 74.6 Å². The lowest BCUT2D eigenvalue weighted by Crippen LogP contribution is -2.46. The van der Waals surface area contributed by atoms with Gasteiger partial charge in [0.25, 0.3) is 0 Å². The van der Waals surface area contributed by atoms with Crippen LogP contribution in [0.25, 0.3) is 0 Å². The second kappa shape index (κ2) is 7.00. The Morgan fingerprint density at radius 2 is 1.54 bits per heavy atom. The van der Waals surface area contributed by atoms with E-state index >= 15 is 0 Å². The largest absolute Gasteiger partial charge is 0.480 e. The molecule has 132 valence electrons. The molecule has 0 saturated carbocycles. The van der Waals surface area contributed by atoms with Gasteiger partial charge in [-0.05, 0) is 30.0 Å². The van der Waals surface area contributed by atoms with Gasteiger partial charge in [-0.3, -0.25) is 4.79 Å². The molecule has 0 fully saturated rings. The van der Waals surface area contributed by atoms with E-state index in [9.17, 15) is 19.8 Å². The zero-order chi connectivity index (χ0) is 18.7. The van der Waals surface area contributed by atoms with Gasteiger partial charge in [0, 0.05) is 11.5 Å². The van der Waals surface area contributed by atoms with E-state index in [4.69, 9.17) is 0 Å². The highest BCUT2D eigenvalue weighted by Crippen LogP contribution is 2.44. The average Bonchev–Trinajstić information content (AvgIpc) is 2.63. The van der Waals surface area contributed by atoms with E-state index < -0.39 is 23.3 Å². The van der Waals surface area contributed by atoms with Crippen molar-refractivity contribution < 1.29 is 19.8 Å². The predicted octanol–water partition coefficient (Wildman–Crippen LogP) is 3.84. The lowest BCUT2D eigenvalue weighted by molar-refractivity contribution is -0.144. The smallest absolute Gasteiger partial charge is 0.332 e. The van der Waals surface area contributed by atoms with Crippen molar-refractivity contribution in [1.82, 2.24) is 0 Å². The maximum atomic E-state index is 12.5. The fourth-order valence-corrected chi connectivity index (χ4v) is 3.75. The molecule has 0 amide bonds. The first-order chi connectivity index (χ1) is 12.5. The maximum absolute atomic E-state index is 12.5. The van der Waals surface area contributed by atoms with Crippen LogP contribution >= 0.6 is 0 Å². The summed E-state index contributed by atoms with van der Waals surface area (Å²) in [6, 6.07) is 18.3. The second-order valence-corrected chi connectivity index (χ2v) is 6.52. The predicted molar refractivity (Wildman–Crippen MR) is 98.9 cm³/mol. The third-order valence-corrected chi connectivity index (χ3v) is 5.04. The highest BCUT2D eigenvalue weighted by atomic mass is 16.4. The highest BCUT2D eigenvalue weighted by molar-refractivity contribution is 5.95. The van der Waals surface area contributed by atoms with Crippen molar-refractivity contribution in [1.29, 1.82) is 0 Å². The van der Waals surface area contributed by atoms with Gasteiger partial charge in [0.1, 0.15) is 5.41 Å². The second-order valence-electron chi connectivity index (χ2n) is 6.52. The van der Waals surface area contributed by atoms with Crippen molar-refractivity contribution in [3.63, 3.8) is 0 Å². The maximum Gasteiger partial charge on any atom is 0.332 e. The summed E-state index contributed by atoms with van der Waals surface area (Å²) in [5.74, 6) is -2.84. The fourth-order valence-electron chi connectivity index (χ4n) is 3.75. The average molecular weight is 348 g/mol. The van der Waals surface area contributed by atoms with Crippen LogP contribution in [0.4, 0.5) is 0 Å². The van der Waals surface area contributed by atoms with Gasteiger partial charge in [0.15, 0.2) is 0 Å². The summed E-state index contributed by atoms with van der Waals surface area (Å²) in [6.07, 6.45) is 3.58. The zero-order valence-electron chi connectivity index (χ0n) is 14.4. The van der Waals surface area contributed by atoms with Crippen molar-refractivity contribution in [2.45, 2.75) is 18.8 Å². The molecule has 0 aromatic heterocycles. The summed E-state index contributed by atoms with van der Waals surface area (Å²) >= 11 is 0. The van der Waals surface area contributed by atoms with Crippen molar-refractivity contribution in [3.8, 4) is 0 Å². The Kier molecular flexibility index (Phi) is 4.76. The Bertz CT molecular complexity index is 881. The molecule has 3 rings (SSSR count). The summed E-state index contributed by atoms with van der Waals surface area (Å²) in [6.45, 7) is 1.72. The van der Waals surface area contributed by atoms with Crippen LogP contribution in [0, 0.1) is 5.92 Å². The molecule has 2 aromatic rings. The van der Waals surface area contributed by atoms with E-state index in [-0.39, 0.29) is 5.57 Å². The molecular weight excluding hydrogens is 328 g/mol. The Balaban J connectivity index is 2.23. The lowest BCUT2D eigenvalue weighted by Gasteiger charge is -2.39. The zero-order valence-corrected chi connectivity index (χ0v) is 14.4. The van der Waals surface area contributed by atoms with Gasteiger partial charge >= 0.3 is 11.9 Å². The van der Waals surface area contributed by atoms with Crippen LogP contribution in [0.1, 0.15) is 18.1 Å². The number of carbonyl (C=O) groups is 2. The Morgan fingerprint density at radius 1 is 0.962 bits per heavy atom. The molecule has 0 heterocycles.